The number of rotatable bonds is 8. The number of alkyl halides is 1. The lowest BCUT2D eigenvalue weighted by molar-refractivity contribution is 0.0935. The average molecular weight is 398 g/mol. The fourth-order valence-electron chi connectivity index (χ4n) is 2.86. The Bertz CT molecular complexity index is 1000. The standard InChI is InChI=1S/C21H27FN6O/c1-5-6-23-19-7-18(15-10-27-28-12-14(4)8-25-20(15)28)24-9-16(19)21(29)26-11-17(22)13(2)3/h7-10,12-13,17H,5-6,11H2,1-4H3,(H,23,24)(H,26,29). The van der Waals surface area contributed by atoms with Crippen LogP contribution in [0.4, 0.5) is 10.1 Å². The third kappa shape index (κ3) is 4.70. The molecule has 2 N–H and O–H groups in total. The number of hydrogen-bond acceptors (Lipinski definition) is 5. The van der Waals surface area contributed by atoms with Gasteiger partial charge in [0.2, 0.25) is 0 Å². The Morgan fingerprint density at radius 1 is 1.24 bits per heavy atom. The monoisotopic (exact) mass is 398 g/mol. The van der Waals surface area contributed by atoms with Gasteiger partial charge in [-0.2, -0.15) is 5.10 Å². The number of pyridine rings is 1. The van der Waals surface area contributed by atoms with Crippen LogP contribution in [-0.4, -0.2) is 44.8 Å². The van der Waals surface area contributed by atoms with Gasteiger partial charge >= 0.3 is 0 Å². The van der Waals surface area contributed by atoms with Crippen molar-refractivity contribution < 1.29 is 9.18 Å². The van der Waals surface area contributed by atoms with E-state index >= 15 is 0 Å². The Morgan fingerprint density at radius 3 is 2.76 bits per heavy atom. The molecule has 3 rings (SSSR count). The molecule has 3 heterocycles. The van der Waals surface area contributed by atoms with Gasteiger partial charge in [-0.25, -0.2) is 13.9 Å². The molecule has 3 aromatic heterocycles. The van der Waals surface area contributed by atoms with Crippen LogP contribution >= 0.6 is 0 Å². The van der Waals surface area contributed by atoms with Crippen LogP contribution in [0.25, 0.3) is 16.9 Å². The van der Waals surface area contributed by atoms with Crippen molar-refractivity contribution in [1.82, 2.24) is 24.9 Å². The zero-order valence-corrected chi connectivity index (χ0v) is 17.2. The molecule has 8 heteroatoms. The van der Waals surface area contributed by atoms with Crippen LogP contribution in [0.1, 0.15) is 43.1 Å². The Balaban J connectivity index is 1.91. The second-order valence-corrected chi connectivity index (χ2v) is 7.47. The highest BCUT2D eigenvalue weighted by atomic mass is 19.1. The number of halogens is 1. The van der Waals surface area contributed by atoms with Crippen molar-refractivity contribution in [3.63, 3.8) is 0 Å². The molecule has 0 aliphatic rings. The van der Waals surface area contributed by atoms with E-state index in [9.17, 15) is 9.18 Å². The Hall–Kier alpha value is -3.03. The SMILES string of the molecule is CCCNc1cc(-c2cnn3cc(C)cnc23)ncc1C(=O)NCC(F)C(C)C. The van der Waals surface area contributed by atoms with Gasteiger partial charge in [-0.3, -0.25) is 9.78 Å². The molecule has 29 heavy (non-hydrogen) atoms. The molecule has 0 aliphatic carbocycles. The number of carbonyl (C=O) groups is 1. The van der Waals surface area contributed by atoms with Crippen molar-refractivity contribution in [2.75, 3.05) is 18.4 Å². The molecule has 0 saturated carbocycles. The molecule has 0 radical (unpaired) electrons. The first-order chi connectivity index (χ1) is 13.9. The number of nitrogens with one attached hydrogen (secondary N) is 2. The highest BCUT2D eigenvalue weighted by Crippen LogP contribution is 2.26. The van der Waals surface area contributed by atoms with Gasteiger partial charge in [0.15, 0.2) is 5.65 Å². The molecule has 1 atom stereocenters. The number of aromatic nitrogens is 4. The quantitative estimate of drug-likeness (QED) is 0.605. The highest BCUT2D eigenvalue weighted by molar-refractivity contribution is 6.00. The van der Waals surface area contributed by atoms with Gasteiger partial charge in [-0.1, -0.05) is 20.8 Å². The number of carbonyl (C=O) groups excluding carboxylic acids is 1. The average Bonchev–Trinajstić information content (AvgIpc) is 3.12. The zero-order chi connectivity index (χ0) is 21.0. The largest absolute Gasteiger partial charge is 0.384 e. The van der Waals surface area contributed by atoms with E-state index in [0.29, 0.717) is 29.1 Å². The summed E-state index contributed by atoms with van der Waals surface area (Å²) >= 11 is 0. The summed E-state index contributed by atoms with van der Waals surface area (Å²) in [4.78, 5) is 21.5. The zero-order valence-electron chi connectivity index (χ0n) is 17.2. The Kier molecular flexibility index (Phi) is 6.41. The molecule has 3 aromatic rings. The topological polar surface area (TPSA) is 84.2 Å². The van der Waals surface area contributed by atoms with Crippen molar-refractivity contribution in [2.24, 2.45) is 5.92 Å². The van der Waals surface area contributed by atoms with E-state index in [1.54, 1.807) is 30.8 Å². The summed E-state index contributed by atoms with van der Waals surface area (Å²) < 4.78 is 15.6. The van der Waals surface area contributed by atoms with Crippen LogP contribution in [0.2, 0.25) is 0 Å². The molecule has 0 bridgehead atoms. The normalized spacial score (nSPS) is 12.3. The molecule has 1 unspecified atom stereocenters. The van der Waals surface area contributed by atoms with E-state index in [0.717, 1.165) is 17.5 Å². The van der Waals surface area contributed by atoms with Crippen LogP contribution in [0, 0.1) is 12.8 Å². The van der Waals surface area contributed by atoms with Crippen LogP contribution < -0.4 is 10.6 Å². The maximum atomic E-state index is 13.9. The van der Waals surface area contributed by atoms with E-state index < -0.39 is 6.17 Å². The third-order valence-corrected chi connectivity index (χ3v) is 4.66. The molecule has 7 nitrogen and oxygen atoms in total. The number of fused-ring (bicyclic) bond motifs is 1. The number of aryl methyl sites for hydroxylation is 1. The summed E-state index contributed by atoms with van der Waals surface area (Å²) in [7, 11) is 0. The minimum Gasteiger partial charge on any atom is -0.384 e. The molecule has 154 valence electrons. The van der Waals surface area contributed by atoms with Crippen molar-refractivity contribution in [2.45, 2.75) is 40.3 Å². The molecular formula is C21H27FN6O. The summed E-state index contributed by atoms with van der Waals surface area (Å²) in [6, 6.07) is 1.82. The predicted octanol–water partition coefficient (Wildman–Crippen LogP) is 3.65. The van der Waals surface area contributed by atoms with Crippen molar-refractivity contribution >= 4 is 17.2 Å². The molecule has 0 aromatic carbocycles. The fraction of sp³-hybridized carbons (Fsp3) is 0.429. The minimum atomic E-state index is -1.09. The molecule has 1 amide bonds. The second-order valence-electron chi connectivity index (χ2n) is 7.47. The van der Waals surface area contributed by atoms with Crippen molar-refractivity contribution in [3.05, 3.63) is 42.0 Å². The lowest BCUT2D eigenvalue weighted by atomic mass is 10.1. The van der Waals surface area contributed by atoms with Crippen molar-refractivity contribution in [3.8, 4) is 11.3 Å². The van der Waals surface area contributed by atoms with Gasteiger partial charge in [-0.05, 0) is 30.9 Å². The van der Waals surface area contributed by atoms with E-state index in [2.05, 4.69) is 25.7 Å². The van der Waals surface area contributed by atoms with Gasteiger partial charge < -0.3 is 10.6 Å². The summed E-state index contributed by atoms with van der Waals surface area (Å²) in [5.41, 5.74) is 4.18. The minimum absolute atomic E-state index is 0.0250. The van der Waals surface area contributed by atoms with Gasteiger partial charge in [0, 0.05) is 31.7 Å². The number of amides is 1. The van der Waals surface area contributed by atoms with Crippen LogP contribution in [0.5, 0.6) is 0 Å². The first-order valence-electron chi connectivity index (χ1n) is 9.87. The smallest absolute Gasteiger partial charge is 0.255 e. The van der Waals surface area contributed by atoms with Crippen LogP contribution in [0.3, 0.4) is 0 Å². The molecule has 0 saturated heterocycles. The summed E-state index contributed by atoms with van der Waals surface area (Å²) in [5.74, 6) is -0.500. The number of hydrogen-bond donors (Lipinski definition) is 2. The highest BCUT2D eigenvalue weighted by Gasteiger charge is 2.18. The van der Waals surface area contributed by atoms with Gasteiger partial charge in [0.25, 0.3) is 5.91 Å². The van der Waals surface area contributed by atoms with Crippen molar-refractivity contribution in [1.29, 1.82) is 0 Å². The Morgan fingerprint density at radius 2 is 2.03 bits per heavy atom. The summed E-state index contributed by atoms with van der Waals surface area (Å²) in [5, 5.41) is 10.3. The first-order valence-corrected chi connectivity index (χ1v) is 9.87. The number of nitrogens with zero attached hydrogens (tertiary/aromatic N) is 4. The lowest BCUT2D eigenvalue weighted by Gasteiger charge is -2.15. The predicted molar refractivity (Wildman–Crippen MR) is 112 cm³/mol. The maximum Gasteiger partial charge on any atom is 0.255 e. The molecule has 0 fully saturated rings. The Labute approximate surface area is 169 Å². The molecule has 0 spiro atoms. The van der Waals surface area contributed by atoms with E-state index in [1.807, 2.05) is 26.1 Å². The molecule has 0 aliphatic heterocycles. The summed E-state index contributed by atoms with van der Waals surface area (Å²) in [6.45, 7) is 8.24. The summed E-state index contributed by atoms with van der Waals surface area (Å²) in [6.07, 6.45) is 6.71. The van der Waals surface area contributed by atoms with Gasteiger partial charge in [0.05, 0.1) is 28.7 Å². The second kappa shape index (κ2) is 8.98. The van der Waals surface area contributed by atoms with Gasteiger partial charge in [0.1, 0.15) is 6.17 Å². The lowest BCUT2D eigenvalue weighted by Crippen LogP contribution is -2.33. The van der Waals surface area contributed by atoms with E-state index in [1.165, 1.54) is 6.20 Å². The molecular weight excluding hydrogens is 371 g/mol. The van der Waals surface area contributed by atoms with E-state index in [-0.39, 0.29) is 18.4 Å². The first kappa shape index (κ1) is 20.7. The number of anilines is 1. The van der Waals surface area contributed by atoms with Crippen LogP contribution in [0.15, 0.2) is 30.9 Å². The van der Waals surface area contributed by atoms with Gasteiger partial charge in [-0.15, -0.1) is 0 Å². The van der Waals surface area contributed by atoms with E-state index in [4.69, 9.17) is 0 Å². The third-order valence-electron chi connectivity index (χ3n) is 4.66. The fourth-order valence-corrected chi connectivity index (χ4v) is 2.86. The maximum absolute atomic E-state index is 13.9. The van der Waals surface area contributed by atoms with Crippen LogP contribution in [-0.2, 0) is 0 Å².